The van der Waals surface area contributed by atoms with Crippen LogP contribution in [-0.2, 0) is 0 Å². The number of aromatic nitrogens is 2. The summed E-state index contributed by atoms with van der Waals surface area (Å²) in [5.41, 5.74) is -0.642. The molecule has 156 valence electrons. The molecule has 0 fully saturated rings. The van der Waals surface area contributed by atoms with Crippen molar-refractivity contribution in [2.24, 2.45) is 0 Å². The van der Waals surface area contributed by atoms with Crippen LogP contribution in [0.5, 0.6) is 0 Å². The van der Waals surface area contributed by atoms with Crippen molar-refractivity contribution in [1.82, 2.24) is 15.1 Å². The van der Waals surface area contributed by atoms with Gasteiger partial charge >= 0.3 is 0 Å². The molecule has 6 nitrogen and oxygen atoms in total. The molecule has 2 N–H and O–H groups in total. The van der Waals surface area contributed by atoms with Gasteiger partial charge in [0.1, 0.15) is 11.4 Å². The van der Waals surface area contributed by atoms with Gasteiger partial charge in [0.25, 0.3) is 17.9 Å². The number of aliphatic hydroxyl groups excluding tert-OH is 1. The van der Waals surface area contributed by atoms with Gasteiger partial charge in [0.2, 0.25) is 0 Å². The van der Waals surface area contributed by atoms with Crippen LogP contribution >= 0.6 is 0 Å². The molecule has 30 heavy (non-hydrogen) atoms. The van der Waals surface area contributed by atoms with Crippen molar-refractivity contribution < 1.29 is 23.1 Å². The van der Waals surface area contributed by atoms with Gasteiger partial charge in [-0.1, -0.05) is 30.3 Å². The maximum Gasteiger partial charge on any atom is 0.284 e. The summed E-state index contributed by atoms with van der Waals surface area (Å²) < 4.78 is 40.2. The number of hydrogen-bond acceptors (Lipinski definition) is 4. The summed E-state index contributed by atoms with van der Waals surface area (Å²) in [5.74, 6) is -1.35. The summed E-state index contributed by atoms with van der Waals surface area (Å²) in [5, 5.41) is 15.8. The number of hydrogen-bond donors (Lipinski definition) is 2. The lowest BCUT2D eigenvalue weighted by Crippen LogP contribution is -2.39. The average Bonchev–Trinajstić information content (AvgIpc) is 2.73. The molecular formula is C21H18F3N3O3. The molecule has 9 heteroatoms. The molecule has 0 saturated carbocycles. The third-order valence-electron chi connectivity index (χ3n) is 4.32. The SMILES string of the molecule is C[C@@H](CO)NC(=O)c1cc(-c2ccc(C(F)F)cc2)nn(-c2cccc(F)c2)c1=O. The van der Waals surface area contributed by atoms with Gasteiger partial charge in [-0.3, -0.25) is 9.59 Å². The van der Waals surface area contributed by atoms with Gasteiger partial charge in [-0.25, -0.2) is 13.2 Å². The minimum Gasteiger partial charge on any atom is -0.394 e. The third-order valence-corrected chi connectivity index (χ3v) is 4.32. The molecular weight excluding hydrogens is 399 g/mol. The average molecular weight is 417 g/mol. The maximum absolute atomic E-state index is 13.7. The molecule has 1 atom stereocenters. The zero-order valence-electron chi connectivity index (χ0n) is 15.8. The second-order valence-electron chi connectivity index (χ2n) is 6.62. The van der Waals surface area contributed by atoms with Crippen LogP contribution in [0.2, 0.25) is 0 Å². The predicted molar refractivity (Wildman–Crippen MR) is 104 cm³/mol. The molecule has 0 bridgehead atoms. The molecule has 1 heterocycles. The minimum atomic E-state index is -2.64. The van der Waals surface area contributed by atoms with Crippen LogP contribution in [-0.4, -0.2) is 33.4 Å². The summed E-state index contributed by atoms with van der Waals surface area (Å²) in [6.07, 6.45) is -2.64. The molecule has 0 aliphatic heterocycles. The number of nitrogens with zero attached hydrogens (tertiary/aromatic N) is 2. The van der Waals surface area contributed by atoms with Crippen molar-refractivity contribution >= 4 is 5.91 Å². The maximum atomic E-state index is 13.7. The topological polar surface area (TPSA) is 84.2 Å². The van der Waals surface area contributed by atoms with E-state index in [-0.39, 0.29) is 29.1 Å². The van der Waals surface area contributed by atoms with Crippen LogP contribution in [0.1, 0.15) is 29.3 Å². The lowest BCUT2D eigenvalue weighted by molar-refractivity contribution is 0.0920. The first-order valence-electron chi connectivity index (χ1n) is 9.00. The van der Waals surface area contributed by atoms with Crippen LogP contribution in [0.3, 0.4) is 0 Å². The smallest absolute Gasteiger partial charge is 0.284 e. The highest BCUT2D eigenvalue weighted by atomic mass is 19.3. The van der Waals surface area contributed by atoms with E-state index in [1.807, 2.05) is 0 Å². The van der Waals surface area contributed by atoms with E-state index in [1.165, 1.54) is 48.5 Å². The molecule has 3 rings (SSSR count). The first-order chi connectivity index (χ1) is 14.3. The number of halogens is 3. The molecule has 0 unspecified atom stereocenters. The highest BCUT2D eigenvalue weighted by Gasteiger charge is 2.19. The van der Waals surface area contributed by atoms with Crippen LogP contribution in [0.4, 0.5) is 13.2 Å². The van der Waals surface area contributed by atoms with Crippen LogP contribution < -0.4 is 10.9 Å². The van der Waals surface area contributed by atoms with Crippen molar-refractivity contribution in [3.05, 3.63) is 81.9 Å². The van der Waals surface area contributed by atoms with Crippen molar-refractivity contribution in [2.45, 2.75) is 19.4 Å². The zero-order chi connectivity index (χ0) is 21.8. The van der Waals surface area contributed by atoms with E-state index in [0.29, 0.717) is 5.56 Å². The first-order valence-corrected chi connectivity index (χ1v) is 9.00. The van der Waals surface area contributed by atoms with E-state index in [4.69, 9.17) is 5.11 Å². The van der Waals surface area contributed by atoms with E-state index in [2.05, 4.69) is 10.4 Å². The molecule has 1 aromatic heterocycles. The van der Waals surface area contributed by atoms with Crippen molar-refractivity contribution in [2.75, 3.05) is 6.61 Å². The summed E-state index contributed by atoms with van der Waals surface area (Å²) >= 11 is 0. The Kier molecular flexibility index (Phi) is 6.31. The Labute approximate surface area is 169 Å². The number of aliphatic hydroxyl groups is 1. The van der Waals surface area contributed by atoms with E-state index in [1.54, 1.807) is 6.92 Å². The van der Waals surface area contributed by atoms with Crippen molar-refractivity contribution in [1.29, 1.82) is 0 Å². The van der Waals surface area contributed by atoms with Gasteiger partial charge < -0.3 is 10.4 Å². The van der Waals surface area contributed by atoms with Crippen LogP contribution in [0.15, 0.2) is 59.4 Å². The lowest BCUT2D eigenvalue weighted by Gasteiger charge is -2.14. The second-order valence-corrected chi connectivity index (χ2v) is 6.62. The fourth-order valence-corrected chi connectivity index (χ4v) is 2.73. The number of nitrogens with one attached hydrogen (secondary N) is 1. The van der Waals surface area contributed by atoms with Gasteiger partial charge in [-0.05, 0) is 31.2 Å². The quantitative estimate of drug-likeness (QED) is 0.646. The highest BCUT2D eigenvalue weighted by molar-refractivity contribution is 5.95. The third kappa shape index (κ3) is 4.57. The molecule has 1 amide bonds. The molecule has 3 aromatic rings. The van der Waals surface area contributed by atoms with Gasteiger partial charge in [-0.15, -0.1) is 0 Å². The standard InChI is InChI=1S/C21H18F3N3O3/c1-12(11-28)25-20(29)17-10-18(13-5-7-14(8-6-13)19(23)24)26-27(21(17)30)16-4-2-3-15(22)9-16/h2-10,12,19,28H,11H2,1H3,(H,25,29)/t12-/m0/s1. The Hall–Kier alpha value is -3.46. The van der Waals surface area contributed by atoms with E-state index in [9.17, 15) is 22.8 Å². The number of amides is 1. The Morgan fingerprint density at radius 1 is 1.17 bits per heavy atom. The minimum absolute atomic E-state index is 0.0929. The normalized spacial score (nSPS) is 12.1. The number of carbonyl (C=O) groups is 1. The first kappa shape index (κ1) is 21.3. The second kappa shape index (κ2) is 8.91. The Morgan fingerprint density at radius 2 is 1.87 bits per heavy atom. The summed E-state index contributed by atoms with van der Waals surface area (Å²) in [4.78, 5) is 25.5. The number of alkyl halides is 2. The fraction of sp³-hybridized carbons (Fsp3) is 0.190. The molecule has 0 aliphatic carbocycles. The molecule has 0 spiro atoms. The predicted octanol–water partition coefficient (Wildman–Crippen LogP) is 3.09. The van der Waals surface area contributed by atoms with E-state index in [0.717, 1.165) is 10.7 Å². The summed E-state index contributed by atoms with van der Waals surface area (Å²) in [6, 6.07) is 10.9. The van der Waals surface area contributed by atoms with Crippen LogP contribution in [0.25, 0.3) is 16.9 Å². The number of carbonyl (C=O) groups excluding carboxylic acids is 1. The molecule has 0 saturated heterocycles. The molecule has 0 aliphatic rings. The Bertz CT molecular complexity index is 1110. The van der Waals surface area contributed by atoms with Gasteiger partial charge in [0.05, 0.1) is 18.0 Å². The van der Waals surface area contributed by atoms with E-state index < -0.39 is 29.8 Å². The Morgan fingerprint density at radius 3 is 2.47 bits per heavy atom. The van der Waals surface area contributed by atoms with Crippen molar-refractivity contribution in [3.63, 3.8) is 0 Å². The van der Waals surface area contributed by atoms with Gasteiger partial charge in [0, 0.05) is 17.2 Å². The summed E-state index contributed by atoms with van der Waals surface area (Å²) in [6.45, 7) is 1.21. The largest absolute Gasteiger partial charge is 0.394 e. The van der Waals surface area contributed by atoms with Crippen LogP contribution in [0, 0.1) is 5.82 Å². The number of rotatable bonds is 6. The van der Waals surface area contributed by atoms with Gasteiger partial charge in [0.15, 0.2) is 0 Å². The zero-order valence-corrected chi connectivity index (χ0v) is 15.8. The van der Waals surface area contributed by atoms with E-state index >= 15 is 0 Å². The lowest BCUT2D eigenvalue weighted by atomic mass is 10.1. The fourth-order valence-electron chi connectivity index (χ4n) is 2.73. The molecule has 0 radical (unpaired) electrons. The van der Waals surface area contributed by atoms with Crippen molar-refractivity contribution in [3.8, 4) is 16.9 Å². The summed E-state index contributed by atoms with van der Waals surface area (Å²) in [7, 11) is 0. The highest BCUT2D eigenvalue weighted by Crippen LogP contribution is 2.23. The number of benzene rings is 2. The van der Waals surface area contributed by atoms with Gasteiger partial charge in [-0.2, -0.15) is 9.78 Å². The molecule has 2 aromatic carbocycles. The monoisotopic (exact) mass is 417 g/mol. The Balaban J connectivity index is 2.17.